The molecule has 1 heterocycles. The Kier molecular flexibility index (Phi) is 5.17. The van der Waals surface area contributed by atoms with Gasteiger partial charge in [0.1, 0.15) is 0 Å². The third-order valence-corrected chi connectivity index (χ3v) is 6.89. The number of aryl methyl sites for hydroxylation is 1. The van der Waals surface area contributed by atoms with Crippen molar-refractivity contribution in [1.29, 1.82) is 0 Å². The second kappa shape index (κ2) is 6.15. The summed E-state index contributed by atoms with van der Waals surface area (Å²) < 4.78 is 27.0. The van der Waals surface area contributed by atoms with Gasteiger partial charge in [-0.25, -0.2) is 8.42 Å². The lowest BCUT2D eigenvalue weighted by Gasteiger charge is -2.26. The van der Waals surface area contributed by atoms with Crippen molar-refractivity contribution in [1.82, 2.24) is 4.31 Å². The van der Waals surface area contributed by atoms with Crippen molar-refractivity contribution in [3.63, 3.8) is 0 Å². The average molecular weight is 505 g/mol. The van der Waals surface area contributed by atoms with Crippen molar-refractivity contribution < 1.29 is 8.42 Å². The SMILES string of the molecule is Cc1ccc(S(=O)(=O)N2CCCCC(I)(I)C2)cc1. The molecule has 3 nitrogen and oxygen atoms in total. The van der Waals surface area contributed by atoms with E-state index >= 15 is 0 Å². The van der Waals surface area contributed by atoms with Gasteiger partial charge in [0.2, 0.25) is 10.0 Å². The number of hydrogen-bond acceptors (Lipinski definition) is 2. The van der Waals surface area contributed by atoms with E-state index in [0.29, 0.717) is 18.0 Å². The molecular weight excluding hydrogens is 488 g/mol. The van der Waals surface area contributed by atoms with E-state index in [1.165, 1.54) is 0 Å². The monoisotopic (exact) mass is 505 g/mol. The standard InChI is InChI=1S/C13H17I2NO2S/c1-11-4-6-12(7-5-11)19(17,18)16-9-3-2-8-13(14,15)10-16/h4-7H,2-3,8-10H2,1H3. The molecule has 1 aliphatic heterocycles. The molecule has 106 valence electrons. The Morgan fingerprint density at radius 1 is 1.16 bits per heavy atom. The third-order valence-electron chi connectivity index (χ3n) is 3.27. The predicted molar refractivity (Wildman–Crippen MR) is 94.6 cm³/mol. The first-order valence-corrected chi connectivity index (χ1v) is 9.86. The third kappa shape index (κ3) is 4.04. The Morgan fingerprint density at radius 2 is 1.79 bits per heavy atom. The minimum Gasteiger partial charge on any atom is -0.207 e. The molecule has 0 radical (unpaired) electrons. The van der Waals surface area contributed by atoms with E-state index in [9.17, 15) is 8.42 Å². The molecule has 0 aliphatic carbocycles. The normalized spacial score (nSPS) is 21.0. The fourth-order valence-electron chi connectivity index (χ4n) is 2.15. The van der Waals surface area contributed by atoms with E-state index in [2.05, 4.69) is 45.2 Å². The summed E-state index contributed by atoms with van der Waals surface area (Å²) in [6.07, 6.45) is 3.10. The number of alkyl halides is 2. The van der Waals surface area contributed by atoms with Crippen LogP contribution >= 0.6 is 45.2 Å². The molecule has 0 aromatic heterocycles. The molecule has 1 aromatic carbocycles. The highest BCUT2D eigenvalue weighted by atomic mass is 127. The number of benzene rings is 1. The minimum atomic E-state index is -3.35. The Labute approximate surface area is 142 Å². The summed E-state index contributed by atoms with van der Waals surface area (Å²) in [7, 11) is -3.35. The Morgan fingerprint density at radius 3 is 2.42 bits per heavy atom. The topological polar surface area (TPSA) is 37.4 Å². The maximum Gasteiger partial charge on any atom is 0.243 e. The predicted octanol–water partition coefficient (Wildman–Crippen LogP) is 3.74. The van der Waals surface area contributed by atoms with Gasteiger partial charge in [0.05, 0.1) is 6.32 Å². The van der Waals surface area contributed by atoms with Crippen LogP contribution in [0.5, 0.6) is 0 Å². The molecule has 0 N–H and O–H groups in total. The van der Waals surface area contributed by atoms with Gasteiger partial charge < -0.3 is 0 Å². The highest BCUT2D eigenvalue weighted by Gasteiger charge is 2.34. The maximum absolute atomic E-state index is 12.7. The van der Waals surface area contributed by atoms with Crippen LogP contribution in [-0.2, 0) is 10.0 Å². The van der Waals surface area contributed by atoms with Gasteiger partial charge in [-0.3, -0.25) is 0 Å². The van der Waals surface area contributed by atoms with Gasteiger partial charge in [0, 0.05) is 13.1 Å². The van der Waals surface area contributed by atoms with Crippen molar-refractivity contribution in [2.75, 3.05) is 13.1 Å². The zero-order valence-corrected chi connectivity index (χ0v) is 15.9. The molecule has 1 fully saturated rings. The van der Waals surface area contributed by atoms with Gasteiger partial charge in [-0.15, -0.1) is 0 Å². The summed E-state index contributed by atoms with van der Waals surface area (Å²) in [6.45, 7) is 3.18. The number of sulfonamides is 1. The number of hydrogen-bond donors (Lipinski definition) is 0. The summed E-state index contributed by atoms with van der Waals surface area (Å²) in [4.78, 5) is 0.406. The zero-order chi connectivity index (χ0) is 14.1. The second-order valence-electron chi connectivity index (χ2n) is 4.96. The Hall–Kier alpha value is 0.590. The summed E-state index contributed by atoms with van der Waals surface area (Å²) in [5.41, 5.74) is 1.08. The molecule has 19 heavy (non-hydrogen) atoms. The fraction of sp³-hybridized carbons (Fsp3) is 0.538. The van der Waals surface area contributed by atoms with Crippen molar-refractivity contribution in [3.05, 3.63) is 29.8 Å². The minimum absolute atomic E-state index is 0.00376. The lowest BCUT2D eigenvalue weighted by atomic mass is 10.2. The first kappa shape index (κ1) is 16.0. The zero-order valence-electron chi connectivity index (χ0n) is 10.8. The van der Waals surface area contributed by atoms with Crippen LogP contribution in [0.4, 0.5) is 0 Å². The van der Waals surface area contributed by atoms with Gasteiger partial charge in [-0.2, -0.15) is 4.31 Å². The molecule has 0 saturated carbocycles. The van der Waals surface area contributed by atoms with Crippen LogP contribution in [-0.4, -0.2) is 27.2 Å². The van der Waals surface area contributed by atoms with Crippen molar-refractivity contribution in [2.45, 2.75) is 32.5 Å². The highest BCUT2D eigenvalue weighted by Crippen LogP contribution is 2.37. The van der Waals surface area contributed by atoms with Crippen LogP contribution in [0.15, 0.2) is 29.2 Å². The van der Waals surface area contributed by atoms with Gasteiger partial charge in [-0.05, 0) is 38.3 Å². The van der Waals surface area contributed by atoms with Crippen molar-refractivity contribution >= 4 is 55.2 Å². The van der Waals surface area contributed by atoms with E-state index in [1.54, 1.807) is 16.4 Å². The van der Waals surface area contributed by atoms with Gasteiger partial charge in [-0.1, -0.05) is 62.9 Å². The largest absolute Gasteiger partial charge is 0.243 e. The molecule has 1 aliphatic rings. The quantitative estimate of drug-likeness (QED) is 0.454. The number of rotatable bonds is 2. The van der Waals surface area contributed by atoms with Crippen LogP contribution in [0.25, 0.3) is 0 Å². The molecular formula is C13H17I2NO2S. The summed E-state index contributed by atoms with van der Waals surface area (Å²) >= 11 is 4.75. The van der Waals surface area contributed by atoms with Gasteiger partial charge in [0.15, 0.2) is 0 Å². The first-order chi connectivity index (χ1) is 8.81. The average Bonchev–Trinajstić information content (AvgIpc) is 2.51. The molecule has 0 atom stereocenters. The van der Waals surface area contributed by atoms with E-state index in [0.717, 1.165) is 24.8 Å². The molecule has 1 saturated heterocycles. The Bertz CT molecular complexity index is 540. The van der Waals surface area contributed by atoms with Crippen LogP contribution in [0.1, 0.15) is 24.8 Å². The molecule has 0 spiro atoms. The lowest BCUT2D eigenvalue weighted by Crippen LogP contribution is -2.37. The summed E-state index contributed by atoms with van der Waals surface area (Å²) in [5.74, 6) is 0. The van der Waals surface area contributed by atoms with Crippen LogP contribution < -0.4 is 0 Å². The first-order valence-electron chi connectivity index (χ1n) is 6.26. The molecule has 2 rings (SSSR count). The van der Waals surface area contributed by atoms with Crippen LogP contribution in [0.2, 0.25) is 0 Å². The van der Waals surface area contributed by atoms with Gasteiger partial charge in [0.25, 0.3) is 0 Å². The molecule has 0 amide bonds. The smallest absolute Gasteiger partial charge is 0.207 e. The maximum atomic E-state index is 12.7. The molecule has 6 heteroatoms. The lowest BCUT2D eigenvalue weighted by molar-refractivity contribution is 0.426. The van der Waals surface area contributed by atoms with E-state index < -0.39 is 10.0 Å². The van der Waals surface area contributed by atoms with Crippen molar-refractivity contribution in [2.24, 2.45) is 0 Å². The second-order valence-corrected chi connectivity index (χ2v) is 13.1. The van der Waals surface area contributed by atoms with E-state index in [4.69, 9.17) is 0 Å². The van der Waals surface area contributed by atoms with E-state index in [-0.39, 0.29) is 1.43 Å². The molecule has 1 aromatic rings. The molecule has 0 bridgehead atoms. The van der Waals surface area contributed by atoms with Crippen molar-refractivity contribution in [3.8, 4) is 0 Å². The van der Waals surface area contributed by atoms with Crippen LogP contribution in [0.3, 0.4) is 0 Å². The summed E-state index contributed by atoms with van der Waals surface area (Å²) in [5, 5.41) is 0. The number of halogens is 2. The van der Waals surface area contributed by atoms with Crippen LogP contribution in [0, 0.1) is 6.92 Å². The van der Waals surface area contributed by atoms with Gasteiger partial charge >= 0.3 is 0 Å². The van der Waals surface area contributed by atoms with E-state index in [1.807, 2.05) is 19.1 Å². The summed E-state index contributed by atoms with van der Waals surface area (Å²) in [6, 6.07) is 7.12. The molecule has 0 unspecified atom stereocenters. The Balaban J connectivity index is 2.30. The number of nitrogens with zero attached hydrogens (tertiary/aromatic N) is 1. The highest BCUT2D eigenvalue weighted by molar-refractivity contribution is 14.2. The fourth-order valence-corrected chi connectivity index (χ4v) is 5.74.